The number of carbonyl (C=O) groups excluding carboxylic acids is 1. The molecular formula is C24H36O3. The lowest BCUT2D eigenvalue weighted by molar-refractivity contribution is -0.156. The first kappa shape index (κ1) is 18.4. The highest BCUT2D eigenvalue weighted by Gasteiger charge is 2.61. The Labute approximate surface area is 164 Å². The van der Waals surface area contributed by atoms with Gasteiger partial charge >= 0.3 is 0 Å². The Balaban J connectivity index is 1.35. The zero-order chi connectivity index (χ0) is 18.6. The van der Waals surface area contributed by atoms with E-state index in [4.69, 9.17) is 9.47 Å². The Morgan fingerprint density at radius 1 is 1.04 bits per heavy atom. The molecule has 0 bridgehead atoms. The van der Waals surface area contributed by atoms with Crippen LogP contribution in [0.25, 0.3) is 0 Å². The third kappa shape index (κ3) is 2.79. The molecule has 3 heteroatoms. The van der Waals surface area contributed by atoms with Crippen LogP contribution in [0.2, 0.25) is 0 Å². The molecule has 1 aliphatic heterocycles. The Hall–Kier alpha value is -0.670. The van der Waals surface area contributed by atoms with E-state index in [0.29, 0.717) is 23.4 Å². The van der Waals surface area contributed by atoms with Gasteiger partial charge in [-0.2, -0.15) is 0 Å². The van der Waals surface area contributed by atoms with Crippen molar-refractivity contribution in [3.8, 4) is 0 Å². The molecule has 0 N–H and O–H groups in total. The largest absolute Gasteiger partial charge is 0.379 e. The second kappa shape index (κ2) is 6.69. The maximum absolute atomic E-state index is 12.6. The molecule has 1 saturated heterocycles. The van der Waals surface area contributed by atoms with Crippen LogP contribution in [0.1, 0.15) is 71.6 Å². The molecule has 3 nitrogen and oxygen atoms in total. The summed E-state index contributed by atoms with van der Waals surface area (Å²) >= 11 is 0. The molecule has 0 amide bonds. The van der Waals surface area contributed by atoms with E-state index in [2.05, 4.69) is 19.9 Å². The molecule has 150 valence electrons. The highest BCUT2D eigenvalue weighted by atomic mass is 16.5. The van der Waals surface area contributed by atoms with Crippen molar-refractivity contribution in [1.82, 2.24) is 0 Å². The second-order valence-electron chi connectivity index (χ2n) is 10.6. The first-order valence-electron chi connectivity index (χ1n) is 11.5. The number of hydrogen-bond acceptors (Lipinski definition) is 3. The Morgan fingerprint density at radius 3 is 2.70 bits per heavy atom. The van der Waals surface area contributed by atoms with Gasteiger partial charge in [0, 0.05) is 12.5 Å². The maximum Gasteiger partial charge on any atom is 0.159 e. The van der Waals surface area contributed by atoms with Crippen LogP contribution < -0.4 is 0 Å². The van der Waals surface area contributed by atoms with Gasteiger partial charge in [0.25, 0.3) is 0 Å². The molecule has 8 atom stereocenters. The van der Waals surface area contributed by atoms with E-state index in [9.17, 15) is 4.79 Å². The fourth-order valence-electron chi connectivity index (χ4n) is 7.99. The van der Waals surface area contributed by atoms with E-state index in [1.54, 1.807) is 0 Å². The van der Waals surface area contributed by atoms with Crippen LogP contribution in [0.15, 0.2) is 12.2 Å². The first-order valence-corrected chi connectivity index (χ1v) is 11.5. The van der Waals surface area contributed by atoms with Crippen LogP contribution in [0, 0.1) is 34.5 Å². The summed E-state index contributed by atoms with van der Waals surface area (Å²) in [7, 11) is 0. The smallest absolute Gasteiger partial charge is 0.159 e. The molecule has 0 aromatic rings. The quantitative estimate of drug-likeness (QED) is 0.689. The van der Waals surface area contributed by atoms with Crippen LogP contribution in [-0.4, -0.2) is 31.2 Å². The molecule has 5 aliphatic rings. The van der Waals surface area contributed by atoms with Gasteiger partial charge in [0.1, 0.15) is 0 Å². The highest BCUT2D eigenvalue weighted by Crippen LogP contribution is 2.65. The fraction of sp³-hybridized carbons (Fsp3) is 0.875. The van der Waals surface area contributed by atoms with E-state index < -0.39 is 0 Å². The summed E-state index contributed by atoms with van der Waals surface area (Å²) in [5, 5.41) is 0. The zero-order valence-electron chi connectivity index (χ0n) is 17.1. The summed E-state index contributed by atoms with van der Waals surface area (Å²) < 4.78 is 12.3. The van der Waals surface area contributed by atoms with Crippen molar-refractivity contribution >= 4 is 5.78 Å². The number of ketones is 1. The van der Waals surface area contributed by atoms with E-state index >= 15 is 0 Å². The van der Waals surface area contributed by atoms with Crippen molar-refractivity contribution in [2.75, 3.05) is 13.2 Å². The van der Waals surface area contributed by atoms with Crippen LogP contribution in [0.4, 0.5) is 0 Å². The molecule has 0 aromatic carbocycles. The molecule has 0 aromatic heterocycles. The number of allylic oxidation sites excluding steroid dienone is 2. The molecule has 5 rings (SSSR count). The lowest BCUT2D eigenvalue weighted by Gasteiger charge is -2.59. The van der Waals surface area contributed by atoms with Crippen molar-refractivity contribution in [3.05, 3.63) is 12.2 Å². The standard InChI is InChI=1S/C24H36O3/c1-23-12-3-6-21(25)20(23)8-7-17-18-9-10-22(24(18,2)13-11-19(17)23)27-16-5-4-14-26-15-16/h3,6,16-20,22H,4-5,7-15H2,1-2H3. The zero-order valence-corrected chi connectivity index (χ0v) is 17.1. The summed E-state index contributed by atoms with van der Waals surface area (Å²) in [6.07, 6.45) is 15.6. The molecule has 4 fully saturated rings. The molecule has 27 heavy (non-hydrogen) atoms. The van der Waals surface area contributed by atoms with Gasteiger partial charge in [0.15, 0.2) is 5.78 Å². The number of rotatable bonds is 2. The van der Waals surface area contributed by atoms with Gasteiger partial charge in [-0.1, -0.05) is 19.9 Å². The van der Waals surface area contributed by atoms with Gasteiger partial charge in [-0.15, -0.1) is 0 Å². The van der Waals surface area contributed by atoms with E-state index in [1.165, 1.54) is 32.1 Å². The average molecular weight is 373 g/mol. The van der Waals surface area contributed by atoms with Gasteiger partial charge in [0.2, 0.25) is 0 Å². The SMILES string of the molecule is CC12CCC3C(CCC4C(=O)C=CCC43C)C1CCC2OC1CCCOC1. The van der Waals surface area contributed by atoms with Gasteiger partial charge < -0.3 is 9.47 Å². The molecular weight excluding hydrogens is 336 g/mol. The Kier molecular flexibility index (Phi) is 4.55. The van der Waals surface area contributed by atoms with Crippen LogP contribution in [0.5, 0.6) is 0 Å². The summed E-state index contributed by atoms with van der Waals surface area (Å²) in [5.74, 6) is 2.98. The third-order valence-electron chi connectivity index (χ3n) is 9.44. The molecule has 0 radical (unpaired) electrons. The summed E-state index contributed by atoms with van der Waals surface area (Å²) in [6, 6.07) is 0. The summed E-state index contributed by atoms with van der Waals surface area (Å²) in [6.45, 7) is 6.65. The number of hydrogen-bond donors (Lipinski definition) is 0. The average Bonchev–Trinajstić information content (AvgIpc) is 2.99. The predicted molar refractivity (Wildman–Crippen MR) is 105 cm³/mol. The van der Waals surface area contributed by atoms with E-state index in [-0.39, 0.29) is 11.3 Å². The van der Waals surface area contributed by atoms with E-state index in [0.717, 1.165) is 56.7 Å². The van der Waals surface area contributed by atoms with Crippen LogP contribution in [0.3, 0.4) is 0 Å². The minimum Gasteiger partial charge on any atom is -0.379 e. The normalized spacial score (nSPS) is 52.1. The highest BCUT2D eigenvalue weighted by molar-refractivity contribution is 5.93. The third-order valence-corrected chi connectivity index (χ3v) is 9.44. The molecule has 4 aliphatic carbocycles. The van der Waals surface area contributed by atoms with Gasteiger partial charge in [-0.3, -0.25) is 4.79 Å². The van der Waals surface area contributed by atoms with Crippen molar-refractivity contribution in [1.29, 1.82) is 0 Å². The first-order chi connectivity index (χ1) is 13.0. The second-order valence-corrected chi connectivity index (χ2v) is 10.6. The molecule has 3 saturated carbocycles. The predicted octanol–water partition coefficient (Wildman–Crippen LogP) is 4.94. The van der Waals surface area contributed by atoms with Crippen LogP contribution in [-0.2, 0) is 14.3 Å². The van der Waals surface area contributed by atoms with Crippen molar-refractivity contribution in [2.24, 2.45) is 34.5 Å². The molecule has 8 unspecified atom stereocenters. The fourth-order valence-corrected chi connectivity index (χ4v) is 7.99. The topological polar surface area (TPSA) is 35.5 Å². The summed E-state index contributed by atoms with van der Waals surface area (Å²) in [4.78, 5) is 12.6. The van der Waals surface area contributed by atoms with Crippen molar-refractivity contribution in [2.45, 2.75) is 83.8 Å². The molecule has 0 spiro atoms. The number of ether oxygens (including phenoxy) is 2. The van der Waals surface area contributed by atoms with Gasteiger partial charge in [0.05, 0.1) is 18.8 Å². The Bertz CT molecular complexity index is 621. The van der Waals surface area contributed by atoms with Crippen molar-refractivity contribution < 1.29 is 14.3 Å². The number of carbonyl (C=O) groups is 1. The lowest BCUT2D eigenvalue weighted by Crippen LogP contribution is -2.54. The van der Waals surface area contributed by atoms with Crippen LogP contribution >= 0.6 is 0 Å². The van der Waals surface area contributed by atoms with E-state index in [1.807, 2.05) is 6.08 Å². The van der Waals surface area contributed by atoms with Gasteiger partial charge in [-0.25, -0.2) is 0 Å². The lowest BCUT2D eigenvalue weighted by atomic mass is 9.46. The minimum atomic E-state index is 0.201. The van der Waals surface area contributed by atoms with Gasteiger partial charge in [-0.05, 0) is 92.4 Å². The minimum absolute atomic E-state index is 0.201. The maximum atomic E-state index is 12.6. The number of fused-ring (bicyclic) bond motifs is 5. The molecule has 1 heterocycles. The summed E-state index contributed by atoms with van der Waals surface area (Å²) in [5.41, 5.74) is 0.530. The Morgan fingerprint density at radius 2 is 1.89 bits per heavy atom. The van der Waals surface area contributed by atoms with Crippen molar-refractivity contribution in [3.63, 3.8) is 0 Å². The monoisotopic (exact) mass is 372 g/mol.